The molecule has 0 aliphatic heterocycles. The van der Waals surface area contributed by atoms with E-state index in [0.29, 0.717) is 5.69 Å². The van der Waals surface area contributed by atoms with Gasteiger partial charge in [0.05, 0.1) is 11.4 Å². The van der Waals surface area contributed by atoms with Crippen molar-refractivity contribution in [3.63, 3.8) is 0 Å². The van der Waals surface area contributed by atoms with Crippen LogP contribution in [-0.2, 0) is 14.8 Å². The standard InChI is InChI=1S/C18H18BrN3O4S/c19-13-3-5-14(6-4-13)21-17(23)11-20-18(24)12-1-9-16(10-2-12)27(25,26)22-15-7-8-15/h1-6,9-10,15,22H,7-8,11H2,(H,20,24)(H,21,23). The molecule has 9 heteroatoms. The molecule has 1 aliphatic rings. The lowest BCUT2D eigenvalue weighted by Gasteiger charge is -2.08. The summed E-state index contributed by atoms with van der Waals surface area (Å²) in [6.45, 7) is -0.196. The van der Waals surface area contributed by atoms with Gasteiger partial charge in [0.2, 0.25) is 15.9 Å². The van der Waals surface area contributed by atoms with E-state index >= 15 is 0 Å². The van der Waals surface area contributed by atoms with Crippen LogP contribution in [0, 0.1) is 0 Å². The maximum Gasteiger partial charge on any atom is 0.251 e. The van der Waals surface area contributed by atoms with Crippen LogP contribution >= 0.6 is 15.9 Å². The maximum absolute atomic E-state index is 12.1. The van der Waals surface area contributed by atoms with Crippen LogP contribution in [0.2, 0.25) is 0 Å². The molecule has 0 aromatic heterocycles. The van der Waals surface area contributed by atoms with Crippen molar-refractivity contribution in [3.8, 4) is 0 Å². The van der Waals surface area contributed by atoms with E-state index in [0.717, 1.165) is 17.3 Å². The molecule has 2 aromatic carbocycles. The van der Waals surface area contributed by atoms with E-state index < -0.39 is 15.9 Å². The minimum Gasteiger partial charge on any atom is -0.343 e. The Balaban J connectivity index is 1.53. The Morgan fingerprint density at radius 3 is 2.22 bits per heavy atom. The van der Waals surface area contributed by atoms with Crippen LogP contribution in [0.15, 0.2) is 57.9 Å². The van der Waals surface area contributed by atoms with Crippen LogP contribution in [0.5, 0.6) is 0 Å². The van der Waals surface area contributed by atoms with E-state index in [9.17, 15) is 18.0 Å². The van der Waals surface area contributed by atoms with Gasteiger partial charge in [0, 0.05) is 21.8 Å². The van der Waals surface area contributed by atoms with Crippen molar-refractivity contribution < 1.29 is 18.0 Å². The van der Waals surface area contributed by atoms with E-state index in [4.69, 9.17) is 0 Å². The van der Waals surface area contributed by atoms with Gasteiger partial charge in [-0.25, -0.2) is 13.1 Å². The zero-order valence-corrected chi connectivity index (χ0v) is 16.6. The van der Waals surface area contributed by atoms with Crippen molar-refractivity contribution >= 4 is 43.5 Å². The van der Waals surface area contributed by atoms with Gasteiger partial charge in [-0.1, -0.05) is 15.9 Å². The monoisotopic (exact) mass is 451 g/mol. The van der Waals surface area contributed by atoms with Crippen molar-refractivity contribution in [1.29, 1.82) is 0 Å². The third-order valence-electron chi connectivity index (χ3n) is 3.86. The normalized spacial score (nSPS) is 13.8. The molecular weight excluding hydrogens is 434 g/mol. The molecular formula is C18H18BrN3O4S. The Bertz CT molecular complexity index is 940. The minimum absolute atomic E-state index is 0.0159. The quantitative estimate of drug-likeness (QED) is 0.600. The van der Waals surface area contributed by atoms with Crippen LogP contribution in [0.1, 0.15) is 23.2 Å². The van der Waals surface area contributed by atoms with Crippen molar-refractivity contribution in [2.24, 2.45) is 0 Å². The molecule has 0 saturated heterocycles. The average Bonchev–Trinajstić information content (AvgIpc) is 3.45. The first kappa shape index (κ1) is 19.5. The summed E-state index contributed by atoms with van der Waals surface area (Å²) in [6, 6.07) is 12.7. The number of hydrogen-bond acceptors (Lipinski definition) is 4. The molecule has 27 heavy (non-hydrogen) atoms. The van der Waals surface area contributed by atoms with E-state index in [1.807, 2.05) is 0 Å². The van der Waals surface area contributed by atoms with Crippen LogP contribution in [0.4, 0.5) is 5.69 Å². The van der Waals surface area contributed by atoms with Crippen molar-refractivity contribution in [2.45, 2.75) is 23.8 Å². The summed E-state index contributed by atoms with van der Waals surface area (Å²) in [5, 5.41) is 5.17. The molecule has 3 N–H and O–H groups in total. The van der Waals surface area contributed by atoms with Gasteiger partial charge in [0.15, 0.2) is 0 Å². The smallest absolute Gasteiger partial charge is 0.251 e. The fraction of sp³-hybridized carbons (Fsp3) is 0.222. The van der Waals surface area contributed by atoms with E-state index in [1.165, 1.54) is 24.3 Å². The van der Waals surface area contributed by atoms with Crippen LogP contribution in [0.25, 0.3) is 0 Å². The molecule has 0 heterocycles. The highest BCUT2D eigenvalue weighted by atomic mass is 79.9. The topological polar surface area (TPSA) is 104 Å². The molecule has 142 valence electrons. The number of carbonyl (C=O) groups excluding carboxylic acids is 2. The molecule has 7 nitrogen and oxygen atoms in total. The number of sulfonamides is 1. The molecule has 0 radical (unpaired) electrons. The van der Waals surface area contributed by atoms with E-state index in [-0.39, 0.29) is 29.0 Å². The first-order valence-corrected chi connectivity index (χ1v) is 10.6. The molecule has 0 unspecified atom stereocenters. The lowest BCUT2D eigenvalue weighted by Crippen LogP contribution is -2.32. The second-order valence-electron chi connectivity index (χ2n) is 6.16. The Kier molecular flexibility index (Phi) is 5.93. The third kappa shape index (κ3) is 5.62. The van der Waals surface area contributed by atoms with Gasteiger partial charge in [-0.3, -0.25) is 9.59 Å². The predicted octanol–water partition coefficient (Wildman–Crippen LogP) is 2.26. The Hall–Kier alpha value is -2.23. The summed E-state index contributed by atoms with van der Waals surface area (Å²) < 4.78 is 27.7. The number of halogens is 1. The van der Waals surface area contributed by atoms with Gasteiger partial charge < -0.3 is 10.6 Å². The van der Waals surface area contributed by atoms with Crippen LogP contribution in [-0.4, -0.2) is 32.8 Å². The molecule has 3 rings (SSSR count). The lowest BCUT2D eigenvalue weighted by molar-refractivity contribution is -0.115. The molecule has 2 amide bonds. The van der Waals surface area contributed by atoms with Gasteiger partial charge >= 0.3 is 0 Å². The molecule has 0 atom stereocenters. The largest absolute Gasteiger partial charge is 0.343 e. The summed E-state index contributed by atoms with van der Waals surface area (Å²) in [6.07, 6.45) is 1.70. The van der Waals surface area contributed by atoms with Gasteiger partial charge in [-0.15, -0.1) is 0 Å². The van der Waals surface area contributed by atoms with Crippen LogP contribution in [0.3, 0.4) is 0 Å². The third-order valence-corrected chi connectivity index (χ3v) is 5.93. The summed E-state index contributed by atoms with van der Waals surface area (Å²) >= 11 is 3.31. The number of hydrogen-bond donors (Lipinski definition) is 3. The number of benzene rings is 2. The van der Waals surface area contributed by atoms with Gasteiger partial charge in [0.25, 0.3) is 5.91 Å². The maximum atomic E-state index is 12.1. The molecule has 0 spiro atoms. The predicted molar refractivity (Wildman–Crippen MR) is 105 cm³/mol. The van der Waals surface area contributed by atoms with E-state index in [1.54, 1.807) is 24.3 Å². The molecule has 2 aromatic rings. The summed E-state index contributed by atoms with van der Waals surface area (Å²) in [5.74, 6) is -0.821. The first-order chi connectivity index (χ1) is 12.8. The molecule has 1 fully saturated rings. The fourth-order valence-electron chi connectivity index (χ4n) is 2.28. The Morgan fingerprint density at radius 2 is 1.63 bits per heavy atom. The Morgan fingerprint density at radius 1 is 1.00 bits per heavy atom. The van der Waals surface area contributed by atoms with Crippen molar-refractivity contribution in [2.75, 3.05) is 11.9 Å². The highest BCUT2D eigenvalue weighted by molar-refractivity contribution is 9.10. The second kappa shape index (κ2) is 8.20. The van der Waals surface area contributed by atoms with Crippen LogP contribution < -0.4 is 15.4 Å². The Labute approximate surface area is 165 Å². The zero-order valence-electron chi connectivity index (χ0n) is 14.2. The van der Waals surface area contributed by atoms with Gasteiger partial charge in [0.1, 0.15) is 0 Å². The lowest BCUT2D eigenvalue weighted by atomic mass is 10.2. The van der Waals surface area contributed by atoms with Gasteiger partial charge in [-0.05, 0) is 61.4 Å². The zero-order chi connectivity index (χ0) is 19.4. The minimum atomic E-state index is -3.55. The number of rotatable bonds is 7. The number of anilines is 1. The molecule has 0 bridgehead atoms. The molecule has 1 aliphatic carbocycles. The number of nitrogens with one attached hydrogen (secondary N) is 3. The summed E-state index contributed by atoms with van der Waals surface area (Å²) in [5.41, 5.74) is 0.895. The summed E-state index contributed by atoms with van der Waals surface area (Å²) in [7, 11) is -3.55. The van der Waals surface area contributed by atoms with Crippen molar-refractivity contribution in [3.05, 3.63) is 58.6 Å². The summed E-state index contributed by atoms with van der Waals surface area (Å²) in [4.78, 5) is 24.1. The fourth-order valence-corrected chi connectivity index (χ4v) is 3.84. The van der Waals surface area contributed by atoms with E-state index in [2.05, 4.69) is 31.3 Å². The number of amides is 2. The second-order valence-corrected chi connectivity index (χ2v) is 8.79. The SMILES string of the molecule is O=C(CNC(=O)c1ccc(S(=O)(=O)NC2CC2)cc1)Nc1ccc(Br)cc1. The van der Waals surface area contributed by atoms with Gasteiger partial charge in [-0.2, -0.15) is 0 Å². The van der Waals surface area contributed by atoms with Crippen molar-refractivity contribution in [1.82, 2.24) is 10.0 Å². The molecule has 1 saturated carbocycles. The highest BCUT2D eigenvalue weighted by Crippen LogP contribution is 2.22. The first-order valence-electron chi connectivity index (χ1n) is 8.29. The number of carbonyl (C=O) groups is 2. The highest BCUT2D eigenvalue weighted by Gasteiger charge is 2.27. The average molecular weight is 452 g/mol.